The van der Waals surface area contributed by atoms with Gasteiger partial charge in [0, 0.05) is 15.5 Å². The molecule has 0 aromatic heterocycles. The average molecular weight is 462 g/mol. The van der Waals surface area contributed by atoms with E-state index in [1.807, 2.05) is 0 Å². The van der Waals surface area contributed by atoms with Crippen LogP contribution in [0.1, 0.15) is 12.8 Å². The van der Waals surface area contributed by atoms with Gasteiger partial charge in [0.25, 0.3) is 0 Å². The highest BCUT2D eigenvalue weighted by molar-refractivity contribution is 9.11. The molecule has 0 amide bonds. The SMILES string of the molecule is Nc1cc(Br)cc(Br)c1S(=O)(=O)NCC1CCCS1(=O)=O. The van der Waals surface area contributed by atoms with Gasteiger partial charge in [-0.15, -0.1) is 0 Å². The van der Waals surface area contributed by atoms with Crippen LogP contribution in [-0.2, 0) is 19.9 Å². The quantitative estimate of drug-likeness (QED) is 0.663. The number of halogens is 2. The van der Waals surface area contributed by atoms with E-state index in [0.29, 0.717) is 21.8 Å². The Labute approximate surface area is 140 Å². The summed E-state index contributed by atoms with van der Waals surface area (Å²) in [5, 5.41) is -0.664. The van der Waals surface area contributed by atoms with Crippen LogP contribution in [0.4, 0.5) is 5.69 Å². The fourth-order valence-corrected chi connectivity index (χ4v) is 7.24. The van der Waals surface area contributed by atoms with Crippen LogP contribution in [0.15, 0.2) is 26.0 Å². The lowest BCUT2D eigenvalue weighted by Crippen LogP contribution is -2.35. The van der Waals surface area contributed by atoms with Crippen molar-refractivity contribution in [2.24, 2.45) is 0 Å². The van der Waals surface area contributed by atoms with Crippen molar-refractivity contribution in [3.63, 3.8) is 0 Å². The molecule has 1 aliphatic heterocycles. The third-order valence-corrected chi connectivity index (χ3v) is 8.43. The molecule has 0 spiro atoms. The molecular formula is C11H14Br2N2O4S2. The van der Waals surface area contributed by atoms with Crippen LogP contribution in [0.3, 0.4) is 0 Å². The van der Waals surface area contributed by atoms with Gasteiger partial charge in [-0.1, -0.05) is 15.9 Å². The Hall–Kier alpha value is -0.160. The van der Waals surface area contributed by atoms with Crippen molar-refractivity contribution in [1.29, 1.82) is 0 Å². The molecule has 0 bridgehead atoms. The maximum absolute atomic E-state index is 12.3. The highest BCUT2D eigenvalue weighted by Gasteiger charge is 2.33. The van der Waals surface area contributed by atoms with Gasteiger partial charge in [0.2, 0.25) is 10.0 Å². The lowest BCUT2D eigenvalue weighted by atomic mass is 10.2. The van der Waals surface area contributed by atoms with Crippen molar-refractivity contribution in [1.82, 2.24) is 4.72 Å². The zero-order valence-corrected chi connectivity index (χ0v) is 15.6. The number of rotatable bonds is 4. The summed E-state index contributed by atoms with van der Waals surface area (Å²) in [4.78, 5) is -0.0823. The summed E-state index contributed by atoms with van der Waals surface area (Å²) in [6.45, 7) is -0.132. The fraction of sp³-hybridized carbons (Fsp3) is 0.455. The van der Waals surface area contributed by atoms with E-state index in [2.05, 4.69) is 36.6 Å². The summed E-state index contributed by atoms with van der Waals surface area (Å²) < 4.78 is 51.4. The second-order valence-electron chi connectivity index (χ2n) is 4.79. The molecule has 0 saturated carbocycles. The predicted molar refractivity (Wildman–Crippen MR) is 88.3 cm³/mol. The standard InChI is InChI=1S/C11H14Br2N2O4S2/c12-7-4-9(13)11(10(14)5-7)21(18,19)15-6-8-2-1-3-20(8,16)17/h4-5,8,15H,1-3,6,14H2. The van der Waals surface area contributed by atoms with Gasteiger partial charge in [0.1, 0.15) is 4.90 Å². The number of nitrogen functional groups attached to an aromatic ring is 1. The first kappa shape index (κ1) is 17.2. The molecule has 118 valence electrons. The minimum absolute atomic E-state index is 0.0815. The Morgan fingerprint density at radius 2 is 2.00 bits per heavy atom. The predicted octanol–water partition coefficient (Wildman–Crippen LogP) is 1.65. The zero-order valence-electron chi connectivity index (χ0n) is 10.8. The first-order valence-corrected chi connectivity index (χ1v) is 10.9. The number of anilines is 1. The van der Waals surface area contributed by atoms with E-state index in [1.54, 1.807) is 6.07 Å². The largest absolute Gasteiger partial charge is 0.398 e. The first-order chi connectivity index (χ1) is 9.63. The van der Waals surface area contributed by atoms with Crippen molar-refractivity contribution in [2.45, 2.75) is 23.0 Å². The Bertz CT molecular complexity index is 739. The number of benzene rings is 1. The lowest BCUT2D eigenvalue weighted by Gasteiger charge is -2.14. The molecule has 6 nitrogen and oxygen atoms in total. The second-order valence-corrected chi connectivity index (χ2v) is 10.7. The van der Waals surface area contributed by atoms with Gasteiger partial charge in [-0.2, -0.15) is 0 Å². The Kier molecular flexibility index (Phi) is 5.04. The van der Waals surface area contributed by atoms with Crippen molar-refractivity contribution in [3.8, 4) is 0 Å². The summed E-state index contributed by atoms with van der Waals surface area (Å²) in [6.07, 6.45) is 1.04. The lowest BCUT2D eigenvalue weighted by molar-refractivity contribution is 0.571. The highest BCUT2D eigenvalue weighted by Crippen LogP contribution is 2.31. The number of hydrogen-bond donors (Lipinski definition) is 2. The van der Waals surface area contributed by atoms with Crippen LogP contribution in [-0.4, -0.2) is 34.4 Å². The number of nitrogens with two attached hydrogens (primary N) is 1. The highest BCUT2D eigenvalue weighted by atomic mass is 79.9. The smallest absolute Gasteiger partial charge is 0.243 e. The molecule has 1 aromatic carbocycles. The van der Waals surface area contributed by atoms with E-state index in [1.165, 1.54) is 6.07 Å². The maximum atomic E-state index is 12.3. The molecule has 0 radical (unpaired) electrons. The minimum Gasteiger partial charge on any atom is -0.398 e. The molecule has 3 N–H and O–H groups in total. The third-order valence-electron chi connectivity index (χ3n) is 3.27. The fourth-order valence-electron chi connectivity index (χ4n) is 2.23. The number of sulfonamides is 1. The van der Waals surface area contributed by atoms with Crippen LogP contribution in [0.5, 0.6) is 0 Å². The summed E-state index contributed by atoms with van der Waals surface area (Å²) in [6, 6.07) is 3.04. The van der Waals surface area contributed by atoms with E-state index < -0.39 is 25.1 Å². The molecule has 1 fully saturated rings. The third kappa shape index (κ3) is 3.79. The van der Waals surface area contributed by atoms with Crippen molar-refractivity contribution < 1.29 is 16.8 Å². The summed E-state index contributed by atoms with van der Waals surface area (Å²) >= 11 is 6.38. The van der Waals surface area contributed by atoms with Crippen molar-refractivity contribution in [3.05, 3.63) is 21.1 Å². The van der Waals surface area contributed by atoms with E-state index in [4.69, 9.17) is 5.73 Å². The van der Waals surface area contributed by atoms with E-state index in [-0.39, 0.29) is 22.9 Å². The van der Waals surface area contributed by atoms with E-state index in [9.17, 15) is 16.8 Å². The normalized spacial score (nSPS) is 21.5. The second kappa shape index (κ2) is 6.15. The number of sulfone groups is 1. The molecule has 2 rings (SSSR count). The van der Waals surface area contributed by atoms with Gasteiger partial charge in [-0.3, -0.25) is 0 Å². The molecular weight excluding hydrogens is 448 g/mol. The van der Waals surface area contributed by atoms with Gasteiger partial charge >= 0.3 is 0 Å². The van der Waals surface area contributed by atoms with E-state index >= 15 is 0 Å². The summed E-state index contributed by atoms with van der Waals surface area (Å²) in [7, 11) is -7.08. The molecule has 1 saturated heterocycles. The molecule has 1 aromatic rings. The van der Waals surface area contributed by atoms with Gasteiger partial charge in [-0.05, 0) is 40.9 Å². The Morgan fingerprint density at radius 3 is 2.52 bits per heavy atom. The molecule has 0 aliphatic carbocycles. The molecule has 1 heterocycles. The zero-order chi connectivity index (χ0) is 15.8. The van der Waals surface area contributed by atoms with Crippen LogP contribution >= 0.6 is 31.9 Å². The molecule has 1 atom stereocenters. The topological polar surface area (TPSA) is 106 Å². The van der Waals surface area contributed by atoms with Crippen LogP contribution in [0, 0.1) is 0 Å². The maximum Gasteiger partial charge on any atom is 0.243 e. The van der Waals surface area contributed by atoms with Crippen LogP contribution in [0.25, 0.3) is 0 Å². The van der Waals surface area contributed by atoms with Gasteiger partial charge in [0.05, 0.1) is 16.7 Å². The molecule has 21 heavy (non-hydrogen) atoms. The van der Waals surface area contributed by atoms with E-state index in [0.717, 1.165) is 0 Å². The minimum atomic E-state index is -3.88. The van der Waals surface area contributed by atoms with Crippen LogP contribution in [0.2, 0.25) is 0 Å². The van der Waals surface area contributed by atoms with Gasteiger partial charge in [-0.25, -0.2) is 21.6 Å². The average Bonchev–Trinajstić information content (AvgIpc) is 2.64. The van der Waals surface area contributed by atoms with Crippen LogP contribution < -0.4 is 10.5 Å². The first-order valence-electron chi connectivity index (χ1n) is 6.09. The van der Waals surface area contributed by atoms with Crippen molar-refractivity contribution in [2.75, 3.05) is 18.0 Å². The number of hydrogen-bond acceptors (Lipinski definition) is 5. The molecule has 1 unspecified atom stereocenters. The Balaban J connectivity index is 2.24. The summed E-state index contributed by atoms with van der Waals surface area (Å²) in [5.41, 5.74) is 5.83. The Morgan fingerprint density at radius 1 is 1.33 bits per heavy atom. The van der Waals surface area contributed by atoms with Gasteiger partial charge < -0.3 is 5.73 Å². The monoisotopic (exact) mass is 460 g/mol. The van der Waals surface area contributed by atoms with Gasteiger partial charge in [0.15, 0.2) is 9.84 Å². The number of nitrogens with one attached hydrogen (secondary N) is 1. The molecule has 1 aliphatic rings. The summed E-state index contributed by atoms with van der Waals surface area (Å²) in [5.74, 6) is 0.115. The molecule has 10 heteroatoms. The van der Waals surface area contributed by atoms with Crippen molar-refractivity contribution >= 4 is 57.4 Å².